The van der Waals surface area contributed by atoms with Crippen LogP contribution in [0.2, 0.25) is 0 Å². The summed E-state index contributed by atoms with van der Waals surface area (Å²) in [6.45, 7) is 8.59. The van der Waals surface area contributed by atoms with E-state index in [0.29, 0.717) is 32.9 Å². The van der Waals surface area contributed by atoms with Gasteiger partial charge in [-0.25, -0.2) is 0 Å². The van der Waals surface area contributed by atoms with Crippen LogP contribution in [0.4, 0.5) is 0 Å². The molecule has 1 rings (SSSR count). The molecule has 0 fully saturated rings. The highest BCUT2D eigenvalue weighted by Gasteiger charge is 2.06. The molecule has 20 heavy (non-hydrogen) atoms. The average molecular weight is 285 g/mol. The van der Waals surface area contributed by atoms with E-state index in [4.69, 9.17) is 9.47 Å². The summed E-state index contributed by atoms with van der Waals surface area (Å²) in [5, 5.41) is 17.1. The van der Waals surface area contributed by atoms with E-state index >= 15 is 0 Å². The Morgan fingerprint density at radius 3 is 2.75 bits per heavy atom. The van der Waals surface area contributed by atoms with Crippen LogP contribution in [0.15, 0.2) is 6.20 Å². The zero-order valence-corrected chi connectivity index (χ0v) is 12.9. The minimum atomic E-state index is -0.508. The molecule has 0 saturated heterocycles. The SMILES string of the molecule is Cc1c(CNCC(O)COCCOC(C)C)cnn1C. The number of aromatic nitrogens is 2. The first kappa shape index (κ1) is 17.1. The first-order valence-corrected chi connectivity index (χ1v) is 7.06. The Labute approximate surface area is 121 Å². The van der Waals surface area contributed by atoms with Gasteiger partial charge in [-0.2, -0.15) is 5.10 Å². The number of ether oxygens (including phenoxy) is 2. The summed E-state index contributed by atoms with van der Waals surface area (Å²) in [4.78, 5) is 0. The summed E-state index contributed by atoms with van der Waals surface area (Å²) >= 11 is 0. The maximum Gasteiger partial charge on any atom is 0.0897 e. The predicted molar refractivity (Wildman–Crippen MR) is 77.6 cm³/mol. The van der Waals surface area contributed by atoms with Gasteiger partial charge >= 0.3 is 0 Å². The molecule has 0 radical (unpaired) electrons. The van der Waals surface area contributed by atoms with Crippen LogP contribution in [0.25, 0.3) is 0 Å². The second-order valence-electron chi connectivity index (χ2n) is 5.16. The minimum absolute atomic E-state index is 0.216. The van der Waals surface area contributed by atoms with E-state index in [1.165, 1.54) is 0 Å². The van der Waals surface area contributed by atoms with Crippen molar-refractivity contribution in [2.45, 2.75) is 39.5 Å². The molecule has 0 aliphatic carbocycles. The van der Waals surface area contributed by atoms with Crippen LogP contribution in [-0.2, 0) is 23.1 Å². The van der Waals surface area contributed by atoms with E-state index in [9.17, 15) is 5.11 Å². The van der Waals surface area contributed by atoms with E-state index < -0.39 is 6.10 Å². The molecule has 1 aromatic rings. The Kier molecular flexibility index (Phi) is 7.76. The van der Waals surface area contributed by atoms with Crippen molar-refractivity contribution in [2.75, 3.05) is 26.4 Å². The second kappa shape index (κ2) is 9.07. The lowest BCUT2D eigenvalue weighted by atomic mass is 10.2. The maximum absolute atomic E-state index is 9.76. The highest BCUT2D eigenvalue weighted by atomic mass is 16.5. The maximum atomic E-state index is 9.76. The number of rotatable bonds is 10. The van der Waals surface area contributed by atoms with Crippen molar-refractivity contribution >= 4 is 0 Å². The summed E-state index contributed by atoms with van der Waals surface area (Å²) in [5.74, 6) is 0. The quantitative estimate of drug-likeness (QED) is 0.617. The van der Waals surface area contributed by atoms with Gasteiger partial charge in [-0.1, -0.05) is 0 Å². The Morgan fingerprint density at radius 2 is 2.15 bits per heavy atom. The lowest BCUT2D eigenvalue weighted by Gasteiger charge is -2.13. The molecular formula is C14H27N3O3. The van der Waals surface area contributed by atoms with E-state index in [2.05, 4.69) is 10.4 Å². The lowest BCUT2D eigenvalue weighted by molar-refractivity contribution is -0.0100. The largest absolute Gasteiger partial charge is 0.389 e. The van der Waals surface area contributed by atoms with Crippen molar-refractivity contribution in [2.24, 2.45) is 7.05 Å². The van der Waals surface area contributed by atoms with Crippen molar-refractivity contribution in [1.29, 1.82) is 0 Å². The van der Waals surface area contributed by atoms with Gasteiger partial charge in [-0.15, -0.1) is 0 Å². The fraction of sp³-hybridized carbons (Fsp3) is 0.786. The molecule has 0 aromatic carbocycles. The summed E-state index contributed by atoms with van der Waals surface area (Å²) in [6.07, 6.45) is 1.55. The minimum Gasteiger partial charge on any atom is -0.389 e. The van der Waals surface area contributed by atoms with Gasteiger partial charge in [0.15, 0.2) is 0 Å². The number of nitrogens with zero attached hydrogens (tertiary/aromatic N) is 2. The number of nitrogens with one attached hydrogen (secondary N) is 1. The number of hydrogen-bond donors (Lipinski definition) is 2. The van der Waals surface area contributed by atoms with Crippen molar-refractivity contribution in [3.05, 3.63) is 17.5 Å². The molecule has 1 unspecified atom stereocenters. The van der Waals surface area contributed by atoms with Gasteiger partial charge < -0.3 is 19.9 Å². The molecule has 0 saturated carbocycles. The van der Waals surface area contributed by atoms with E-state index in [1.54, 1.807) is 0 Å². The molecule has 1 aromatic heterocycles. The predicted octanol–water partition coefficient (Wildman–Crippen LogP) is 0.621. The van der Waals surface area contributed by atoms with Crippen LogP contribution < -0.4 is 5.32 Å². The van der Waals surface area contributed by atoms with E-state index in [0.717, 1.165) is 11.3 Å². The third kappa shape index (κ3) is 6.47. The summed E-state index contributed by atoms with van der Waals surface area (Å²) < 4.78 is 12.5. The second-order valence-corrected chi connectivity index (χ2v) is 5.16. The molecular weight excluding hydrogens is 258 g/mol. The van der Waals surface area contributed by atoms with Crippen molar-refractivity contribution < 1.29 is 14.6 Å². The van der Waals surface area contributed by atoms with Crippen molar-refractivity contribution in [1.82, 2.24) is 15.1 Å². The van der Waals surface area contributed by atoms with E-state index in [-0.39, 0.29) is 6.10 Å². The van der Waals surface area contributed by atoms with Crippen LogP contribution in [0.1, 0.15) is 25.1 Å². The molecule has 2 N–H and O–H groups in total. The number of aryl methyl sites for hydroxylation is 1. The third-order valence-corrected chi connectivity index (χ3v) is 3.02. The van der Waals surface area contributed by atoms with Crippen LogP contribution in [0.3, 0.4) is 0 Å². The first-order valence-electron chi connectivity index (χ1n) is 7.06. The molecule has 6 heteroatoms. The molecule has 0 spiro atoms. The van der Waals surface area contributed by atoms with Gasteiger partial charge in [0.25, 0.3) is 0 Å². The van der Waals surface area contributed by atoms with Crippen LogP contribution in [-0.4, -0.2) is 53.5 Å². The molecule has 1 heterocycles. The fourth-order valence-electron chi connectivity index (χ4n) is 1.71. The van der Waals surface area contributed by atoms with Crippen LogP contribution in [0, 0.1) is 6.92 Å². The highest BCUT2D eigenvalue weighted by molar-refractivity contribution is 5.15. The molecule has 0 aliphatic rings. The number of aliphatic hydroxyl groups excluding tert-OH is 1. The summed E-state index contributed by atoms with van der Waals surface area (Å²) in [6, 6.07) is 0. The Morgan fingerprint density at radius 1 is 1.40 bits per heavy atom. The summed E-state index contributed by atoms with van der Waals surface area (Å²) in [5.41, 5.74) is 2.28. The molecule has 6 nitrogen and oxygen atoms in total. The zero-order valence-electron chi connectivity index (χ0n) is 12.9. The number of hydrogen-bond acceptors (Lipinski definition) is 5. The Hall–Kier alpha value is -0.950. The monoisotopic (exact) mass is 285 g/mol. The van der Waals surface area contributed by atoms with Crippen molar-refractivity contribution in [3.63, 3.8) is 0 Å². The average Bonchev–Trinajstić information content (AvgIpc) is 2.70. The number of aliphatic hydroxyl groups is 1. The van der Waals surface area contributed by atoms with Gasteiger partial charge in [-0.05, 0) is 20.8 Å². The topological polar surface area (TPSA) is 68.5 Å². The fourth-order valence-corrected chi connectivity index (χ4v) is 1.71. The molecule has 116 valence electrons. The first-order chi connectivity index (χ1) is 9.50. The van der Waals surface area contributed by atoms with Crippen LogP contribution >= 0.6 is 0 Å². The van der Waals surface area contributed by atoms with E-state index in [1.807, 2.05) is 38.7 Å². The normalized spacial score (nSPS) is 13.1. The molecule has 0 bridgehead atoms. The zero-order chi connectivity index (χ0) is 15.0. The van der Waals surface area contributed by atoms with Crippen LogP contribution in [0.5, 0.6) is 0 Å². The lowest BCUT2D eigenvalue weighted by Crippen LogP contribution is -2.30. The smallest absolute Gasteiger partial charge is 0.0897 e. The molecule has 0 aliphatic heterocycles. The van der Waals surface area contributed by atoms with Crippen molar-refractivity contribution in [3.8, 4) is 0 Å². The Balaban J connectivity index is 2.05. The van der Waals surface area contributed by atoms with Gasteiger partial charge in [-0.3, -0.25) is 4.68 Å². The molecule has 0 amide bonds. The Bertz CT molecular complexity index is 380. The summed E-state index contributed by atoms with van der Waals surface area (Å²) in [7, 11) is 1.92. The van der Waals surface area contributed by atoms with Gasteiger partial charge in [0.05, 0.1) is 38.2 Å². The van der Waals surface area contributed by atoms with Gasteiger partial charge in [0.1, 0.15) is 0 Å². The standard InChI is InChI=1S/C14H27N3O3/c1-11(2)20-6-5-19-10-14(18)9-15-7-13-8-16-17(4)12(13)3/h8,11,14-15,18H,5-7,9-10H2,1-4H3. The highest BCUT2D eigenvalue weighted by Crippen LogP contribution is 2.04. The van der Waals surface area contributed by atoms with Gasteiger partial charge in [0.2, 0.25) is 0 Å². The van der Waals surface area contributed by atoms with Gasteiger partial charge in [0, 0.05) is 31.4 Å². The third-order valence-electron chi connectivity index (χ3n) is 3.02. The molecule has 1 atom stereocenters.